The lowest BCUT2D eigenvalue weighted by Gasteiger charge is -2.13. The van der Waals surface area contributed by atoms with Gasteiger partial charge in [0.25, 0.3) is 11.8 Å². The molecule has 0 spiro atoms. The van der Waals surface area contributed by atoms with Crippen LogP contribution in [0, 0.1) is 0 Å². The highest BCUT2D eigenvalue weighted by atomic mass is 35.5. The van der Waals surface area contributed by atoms with Gasteiger partial charge in [0, 0.05) is 6.54 Å². The Kier molecular flexibility index (Phi) is 8.05. The normalized spacial score (nSPS) is 13.7. The number of carbonyl (C=O) groups is 2. The number of carbonyl (C=O) groups excluding carboxylic acids is 2. The summed E-state index contributed by atoms with van der Waals surface area (Å²) in [6, 6.07) is 6.03. The number of allylic oxidation sites excluding steroid dienone is 2. The molecular weight excluding hydrogens is 552 g/mol. The Hall–Kier alpha value is -3.15. The number of rotatable bonds is 6. The first-order chi connectivity index (χ1) is 17.5. The summed E-state index contributed by atoms with van der Waals surface area (Å²) in [7, 11) is 0. The molecule has 13 heteroatoms. The quantitative estimate of drug-likeness (QED) is 0.286. The molecule has 3 N–H and O–H groups in total. The van der Waals surface area contributed by atoms with Crippen molar-refractivity contribution in [3.63, 3.8) is 0 Å². The topological polar surface area (TPSA) is 104 Å². The van der Waals surface area contributed by atoms with E-state index in [1.54, 1.807) is 0 Å². The highest BCUT2D eigenvalue weighted by molar-refractivity contribution is 7.17. The molecule has 37 heavy (non-hydrogen) atoms. The largest absolute Gasteiger partial charge is 0.504 e. The van der Waals surface area contributed by atoms with Crippen LogP contribution in [0.2, 0.25) is 10.2 Å². The summed E-state index contributed by atoms with van der Waals surface area (Å²) in [5.74, 6) is -2.02. The van der Waals surface area contributed by atoms with Gasteiger partial charge in [-0.3, -0.25) is 9.59 Å². The first-order valence-electron chi connectivity index (χ1n) is 11.0. The second-order valence-electron chi connectivity index (χ2n) is 8.09. The fraction of sp³-hybridized carbons (Fsp3) is 0.250. The van der Waals surface area contributed by atoms with Gasteiger partial charge in [-0.2, -0.15) is 13.2 Å². The summed E-state index contributed by atoms with van der Waals surface area (Å²) in [6.45, 7) is -0.401. The lowest BCUT2D eigenvalue weighted by molar-refractivity contribution is -0.138. The molecule has 0 saturated carbocycles. The number of alkyl halides is 3. The smallest absolute Gasteiger partial charge is 0.416 e. The van der Waals surface area contributed by atoms with Crippen LogP contribution in [-0.2, 0) is 12.7 Å². The molecule has 2 aromatic heterocycles. The molecule has 2 heterocycles. The number of aromatic nitrogens is 2. The second-order valence-corrected chi connectivity index (χ2v) is 9.86. The van der Waals surface area contributed by atoms with Crippen LogP contribution in [-0.4, -0.2) is 26.9 Å². The summed E-state index contributed by atoms with van der Waals surface area (Å²) >= 11 is 12.8. The van der Waals surface area contributed by atoms with Gasteiger partial charge in [0.2, 0.25) is 0 Å². The van der Waals surface area contributed by atoms with Gasteiger partial charge in [-0.25, -0.2) is 9.97 Å². The molecule has 7 nitrogen and oxygen atoms in total. The maximum Gasteiger partial charge on any atom is 0.416 e. The van der Waals surface area contributed by atoms with Gasteiger partial charge in [0.1, 0.15) is 15.7 Å². The van der Waals surface area contributed by atoms with E-state index in [9.17, 15) is 27.9 Å². The Morgan fingerprint density at radius 2 is 1.86 bits per heavy atom. The molecule has 0 bridgehead atoms. The molecule has 0 unspecified atom stereocenters. The molecule has 0 atom stereocenters. The number of anilines is 1. The van der Waals surface area contributed by atoms with Crippen molar-refractivity contribution in [2.45, 2.75) is 38.4 Å². The highest BCUT2D eigenvalue weighted by Crippen LogP contribution is 2.36. The van der Waals surface area contributed by atoms with Crippen molar-refractivity contribution in [3.05, 3.63) is 74.1 Å². The van der Waals surface area contributed by atoms with Gasteiger partial charge in [-0.15, -0.1) is 0 Å². The summed E-state index contributed by atoms with van der Waals surface area (Å²) in [5, 5.41) is 14.8. The number of aromatic hydroxyl groups is 1. The number of amides is 2. The first kappa shape index (κ1) is 26.9. The van der Waals surface area contributed by atoms with Crippen LogP contribution in [0.4, 0.5) is 18.2 Å². The van der Waals surface area contributed by atoms with Gasteiger partial charge in [0.05, 0.1) is 10.6 Å². The van der Waals surface area contributed by atoms with Crippen molar-refractivity contribution >= 4 is 56.9 Å². The van der Waals surface area contributed by atoms with Crippen LogP contribution in [0.5, 0.6) is 5.75 Å². The van der Waals surface area contributed by atoms with Gasteiger partial charge in [-0.05, 0) is 49.0 Å². The monoisotopic (exact) mass is 570 g/mol. The summed E-state index contributed by atoms with van der Waals surface area (Å²) in [5.41, 5.74) is -0.424. The molecule has 0 saturated heterocycles. The van der Waals surface area contributed by atoms with Crippen molar-refractivity contribution in [2.24, 2.45) is 0 Å². The van der Waals surface area contributed by atoms with E-state index in [-0.39, 0.29) is 32.1 Å². The van der Waals surface area contributed by atoms with Crippen LogP contribution in [0.3, 0.4) is 0 Å². The number of pyridine rings is 1. The van der Waals surface area contributed by atoms with E-state index < -0.39 is 35.8 Å². The lowest BCUT2D eigenvalue weighted by atomic mass is 10.0. The Morgan fingerprint density at radius 3 is 2.54 bits per heavy atom. The third kappa shape index (κ3) is 6.23. The second kappa shape index (κ2) is 11.1. The molecule has 3 aromatic rings. The average molecular weight is 571 g/mol. The Labute approximate surface area is 223 Å². The molecular formula is C24H19Cl2F3N4O3S. The highest BCUT2D eigenvalue weighted by Gasteiger charge is 2.33. The Bertz CT molecular complexity index is 1370. The zero-order valence-electron chi connectivity index (χ0n) is 19.0. The molecule has 194 valence electrons. The number of benzene rings is 1. The van der Waals surface area contributed by atoms with E-state index in [2.05, 4.69) is 20.6 Å². The van der Waals surface area contributed by atoms with Gasteiger partial charge < -0.3 is 15.7 Å². The number of hydrogen-bond donors (Lipinski definition) is 3. The number of thiazole rings is 1. The maximum absolute atomic E-state index is 13.3. The zero-order chi connectivity index (χ0) is 26.7. The zero-order valence-corrected chi connectivity index (χ0v) is 21.3. The number of halogens is 5. The summed E-state index contributed by atoms with van der Waals surface area (Å²) in [4.78, 5) is 34.1. The van der Waals surface area contributed by atoms with Gasteiger partial charge in [0.15, 0.2) is 16.6 Å². The van der Waals surface area contributed by atoms with E-state index in [0.29, 0.717) is 5.01 Å². The fourth-order valence-corrected chi connectivity index (χ4v) is 5.16. The van der Waals surface area contributed by atoms with Crippen LogP contribution in [0.25, 0.3) is 5.57 Å². The van der Waals surface area contributed by atoms with Crippen molar-refractivity contribution in [1.29, 1.82) is 0 Å². The Morgan fingerprint density at radius 1 is 1.11 bits per heavy atom. The van der Waals surface area contributed by atoms with E-state index in [1.165, 1.54) is 18.2 Å². The minimum Gasteiger partial charge on any atom is -0.504 e. The van der Waals surface area contributed by atoms with Gasteiger partial charge in [-0.1, -0.05) is 58.8 Å². The predicted octanol–water partition coefficient (Wildman–Crippen LogP) is 6.71. The standard InChI is InChI=1S/C24H19Cl2F3N4O3S/c25-15-10-16(31-19(26)18(15)34)20(35)33-23-17(32-22(37-23)12-6-2-1-3-7-12)21(36)30-11-13-8-4-5-9-14(13)24(27,28)29/h4-6,8-10,34H,1-3,7,11H2,(H,30,36)(H,33,35). The average Bonchev–Trinajstić information content (AvgIpc) is 3.29. The first-order valence-corrected chi connectivity index (χ1v) is 12.6. The minimum atomic E-state index is -4.58. The molecule has 1 aromatic carbocycles. The molecule has 0 fully saturated rings. The minimum absolute atomic E-state index is 0.0789. The van der Waals surface area contributed by atoms with Crippen LogP contribution >= 0.6 is 34.5 Å². The molecule has 1 aliphatic carbocycles. The van der Waals surface area contributed by atoms with E-state index in [1.807, 2.05) is 6.08 Å². The van der Waals surface area contributed by atoms with Crippen LogP contribution < -0.4 is 10.6 Å². The van der Waals surface area contributed by atoms with E-state index in [4.69, 9.17) is 23.2 Å². The molecule has 1 aliphatic rings. The summed E-state index contributed by atoms with van der Waals surface area (Å²) < 4.78 is 40.0. The number of hydrogen-bond acceptors (Lipinski definition) is 6. The third-order valence-electron chi connectivity index (χ3n) is 5.53. The van der Waals surface area contributed by atoms with Crippen LogP contribution in [0.1, 0.15) is 62.8 Å². The van der Waals surface area contributed by atoms with Crippen molar-refractivity contribution < 1.29 is 27.9 Å². The lowest BCUT2D eigenvalue weighted by Crippen LogP contribution is -2.26. The van der Waals surface area contributed by atoms with Crippen molar-refractivity contribution in [1.82, 2.24) is 15.3 Å². The van der Waals surface area contributed by atoms with Crippen molar-refractivity contribution in [3.8, 4) is 5.75 Å². The summed E-state index contributed by atoms with van der Waals surface area (Å²) in [6.07, 6.45) is 0.986. The third-order valence-corrected chi connectivity index (χ3v) is 7.13. The van der Waals surface area contributed by atoms with E-state index >= 15 is 0 Å². The SMILES string of the molecule is O=C(Nc1sc(C2=CCCCC2)nc1C(=O)NCc1ccccc1C(F)(F)F)c1cc(Cl)c(O)c(Cl)n1. The predicted molar refractivity (Wildman–Crippen MR) is 135 cm³/mol. The molecule has 4 rings (SSSR count). The number of nitrogens with one attached hydrogen (secondary N) is 2. The van der Waals surface area contributed by atoms with E-state index in [0.717, 1.165) is 54.7 Å². The molecule has 0 aliphatic heterocycles. The molecule has 0 radical (unpaired) electrons. The number of nitrogens with zero attached hydrogens (tertiary/aromatic N) is 2. The van der Waals surface area contributed by atoms with Gasteiger partial charge >= 0.3 is 6.18 Å². The Balaban J connectivity index is 1.62. The maximum atomic E-state index is 13.3. The fourth-order valence-electron chi connectivity index (χ4n) is 3.70. The van der Waals surface area contributed by atoms with Crippen molar-refractivity contribution in [2.75, 3.05) is 5.32 Å². The molecule has 2 amide bonds. The van der Waals surface area contributed by atoms with Crippen LogP contribution in [0.15, 0.2) is 36.4 Å².